The second kappa shape index (κ2) is 9.02. The van der Waals surface area contributed by atoms with Gasteiger partial charge in [0.2, 0.25) is 5.91 Å². The van der Waals surface area contributed by atoms with E-state index in [1.807, 2.05) is 32.9 Å². The van der Waals surface area contributed by atoms with Gasteiger partial charge in [-0.1, -0.05) is 51.3 Å². The van der Waals surface area contributed by atoms with Crippen LogP contribution in [0.2, 0.25) is 0 Å². The van der Waals surface area contributed by atoms with Gasteiger partial charge in [-0.05, 0) is 68.8 Å². The molecule has 3 rings (SSSR count). The number of amides is 1. The van der Waals surface area contributed by atoms with Crippen LogP contribution in [0.4, 0.5) is 11.4 Å². The van der Waals surface area contributed by atoms with Crippen LogP contribution >= 0.6 is 15.9 Å². The molecule has 5 nitrogen and oxygen atoms in total. The molecule has 0 spiro atoms. The number of anilines is 2. The molecule has 0 bridgehead atoms. The fourth-order valence-electron chi connectivity index (χ4n) is 3.09. The zero-order valence-electron chi connectivity index (χ0n) is 17.0. The van der Waals surface area contributed by atoms with Crippen LogP contribution in [0.3, 0.4) is 0 Å². The lowest BCUT2D eigenvalue weighted by molar-refractivity contribution is -0.114. The van der Waals surface area contributed by atoms with Crippen molar-refractivity contribution in [2.75, 3.05) is 16.2 Å². The van der Waals surface area contributed by atoms with Gasteiger partial charge in [-0.2, -0.15) is 0 Å². The Morgan fingerprint density at radius 1 is 0.900 bits per heavy atom. The maximum Gasteiger partial charge on any atom is 0.264 e. The maximum atomic E-state index is 13.5. The molecule has 0 atom stereocenters. The molecule has 0 saturated carbocycles. The molecule has 0 saturated heterocycles. The van der Waals surface area contributed by atoms with E-state index in [2.05, 4.69) is 21.2 Å². The lowest BCUT2D eigenvalue weighted by Crippen LogP contribution is -2.38. The minimum absolute atomic E-state index is 0.143. The number of sulfonamides is 1. The molecule has 0 heterocycles. The van der Waals surface area contributed by atoms with Crippen molar-refractivity contribution >= 4 is 43.2 Å². The van der Waals surface area contributed by atoms with Gasteiger partial charge in [0.25, 0.3) is 10.0 Å². The van der Waals surface area contributed by atoms with E-state index < -0.39 is 15.9 Å². The standard InChI is InChI=1S/C23H23BrN2O3S/c1-16-4-11-21(12-5-16)30(28,29)26(22-13-6-17(2)14-18(22)3)15-23(27)25-20-9-7-19(24)8-10-20/h4-14H,15H2,1-3H3,(H,25,27). The first-order valence-electron chi connectivity index (χ1n) is 9.39. The number of halogens is 1. The van der Waals surface area contributed by atoms with Crippen molar-refractivity contribution in [3.05, 3.63) is 87.9 Å². The van der Waals surface area contributed by atoms with Gasteiger partial charge < -0.3 is 5.32 Å². The van der Waals surface area contributed by atoms with Gasteiger partial charge in [-0.3, -0.25) is 9.10 Å². The molecule has 0 aliphatic carbocycles. The van der Waals surface area contributed by atoms with Crippen molar-refractivity contribution in [2.24, 2.45) is 0 Å². The number of hydrogen-bond donors (Lipinski definition) is 1. The SMILES string of the molecule is Cc1ccc(S(=O)(=O)N(CC(=O)Nc2ccc(Br)cc2)c2ccc(C)cc2C)cc1. The topological polar surface area (TPSA) is 66.5 Å². The summed E-state index contributed by atoms with van der Waals surface area (Å²) in [7, 11) is -3.94. The van der Waals surface area contributed by atoms with Crippen LogP contribution < -0.4 is 9.62 Å². The summed E-state index contributed by atoms with van der Waals surface area (Å²) in [5.74, 6) is -0.423. The summed E-state index contributed by atoms with van der Waals surface area (Å²) in [5, 5.41) is 2.77. The Kier molecular flexibility index (Phi) is 6.63. The first-order chi connectivity index (χ1) is 14.2. The van der Waals surface area contributed by atoms with Crippen LogP contribution in [-0.4, -0.2) is 20.9 Å². The molecule has 1 amide bonds. The van der Waals surface area contributed by atoms with E-state index in [9.17, 15) is 13.2 Å². The summed E-state index contributed by atoms with van der Waals surface area (Å²) in [4.78, 5) is 12.9. The lowest BCUT2D eigenvalue weighted by Gasteiger charge is -2.26. The smallest absolute Gasteiger partial charge is 0.264 e. The third kappa shape index (κ3) is 5.09. The molecule has 7 heteroatoms. The van der Waals surface area contributed by atoms with E-state index in [-0.39, 0.29) is 11.4 Å². The van der Waals surface area contributed by atoms with Crippen molar-refractivity contribution in [2.45, 2.75) is 25.7 Å². The quantitative estimate of drug-likeness (QED) is 0.519. The number of nitrogens with zero attached hydrogens (tertiary/aromatic N) is 1. The molecule has 0 aliphatic rings. The molecule has 1 N–H and O–H groups in total. The molecule has 0 aliphatic heterocycles. The zero-order chi connectivity index (χ0) is 21.9. The zero-order valence-corrected chi connectivity index (χ0v) is 19.4. The monoisotopic (exact) mass is 486 g/mol. The van der Waals surface area contributed by atoms with Gasteiger partial charge in [-0.15, -0.1) is 0 Å². The second-order valence-electron chi connectivity index (χ2n) is 7.17. The van der Waals surface area contributed by atoms with E-state index in [0.717, 1.165) is 21.2 Å². The highest BCUT2D eigenvalue weighted by atomic mass is 79.9. The Bertz CT molecular complexity index is 1160. The van der Waals surface area contributed by atoms with E-state index >= 15 is 0 Å². The third-order valence-electron chi connectivity index (χ3n) is 4.65. The summed E-state index contributed by atoms with van der Waals surface area (Å²) in [6, 6.07) is 19.2. The van der Waals surface area contributed by atoms with E-state index in [1.165, 1.54) is 4.31 Å². The predicted octanol–water partition coefficient (Wildman–Crippen LogP) is 5.21. The van der Waals surface area contributed by atoms with Crippen LogP contribution in [0.5, 0.6) is 0 Å². The molecule has 0 radical (unpaired) electrons. The maximum absolute atomic E-state index is 13.5. The number of nitrogens with one attached hydrogen (secondary N) is 1. The number of hydrogen-bond acceptors (Lipinski definition) is 3. The Balaban J connectivity index is 1.97. The van der Waals surface area contributed by atoms with Crippen LogP contribution in [0.15, 0.2) is 76.1 Å². The molecule has 156 valence electrons. The Hall–Kier alpha value is -2.64. The molecule has 0 aromatic heterocycles. The molecular weight excluding hydrogens is 464 g/mol. The van der Waals surface area contributed by atoms with Crippen molar-refractivity contribution < 1.29 is 13.2 Å². The van der Waals surface area contributed by atoms with Gasteiger partial charge in [0.1, 0.15) is 6.54 Å². The summed E-state index contributed by atoms with van der Waals surface area (Å²) in [5.41, 5.74) is 3.83. The highest BCUT2D eigenvalue weighted by Crippen LogP contribution is 2.28. The average molecular weight is 487 g/mol. The first-order valence-corrected chi connectivity index (χ1v) is 11.6. The van der Waals surface area contributed by atoms with E-state index in [1.54, 1.807) is 54.6 Å². The second-order valence-corrected chi connectivity index (χ2v) is 9.95. The molecule has 30 heavy (non-hydrogen) atoms. The Morgan fingerprint density at radius 3 is 2.10 bits per heavy atom. The largest absolute Gasteiger partial charge is 0.325 e. The minimum atomic E-state index is -3.94. The fourth-order valence-corrected chi connectivity index (χ4v) is 4.84. The number of aryl methyl sites for hydroxylation is 3. The molecule has 3 aromatic rings. The van der Waals surface area contributed by atoms with E-state index in [0.29, 0.717) is 11.4 Å². The molecular formula is C23H23BrN2O3S. The lowest BCUT2D eigenvalue weighted by atomic mass is 10.1. The fraction of sp³-hybridized carbons (Fsp3) is 0.174. The van der Waals surface area contributed by atoms with Crippen LogP contribution in [0.25, 0.3) is 0 Å². The Morgan fingerprint density at radius 2 is 1.50 bits per heavy atom. The van der Waals surface area contributed by atoms with Gasteiger partial charge in [-0.25, -0.2) is 8.42 Å². The number of benzene rings is 3. The van der Waals surface area contributed by atoms with Gasteiger partial charge in [0.05, 0.1) is 10.6 Å². The van der Waals surface area contributed by atoms with Crippen molar-refractivity contribution in [3.63, 3.8) is 0 Å². The highest BCUT2D eigenvalue weighted by molar-refractivity contribution is 9.10. The summed E-state index contributed by atoms with van der Waals surface area (Å²) >= 11 is 3.35. The number of carbonyl (C=O) groups excluding carboxylic acids is 1. The first kappa shape index (κ1) is 22.1. The normalized spacial score (nSPS) is 11.2. The predicted molar refractivity (Wildman–Crippen MR) is 124 cm³/mol. The summed E-state index contributed by atoms with van der Waals surface area (Å²) in [6.45, 7) is 5.34. The summed E-state index contributed by atoms with van der Waals surface area (Å²) < 4.78 is 29.0. The van der Waals surface area contributed by atoms with Crippen molar-refractivity contribution in [1.82, 2.24) is 0 Å². The minimum Gasteiger partial charge on any atom is -0.325 e. The van der Waals surface area contributed by atoms with Gasteiger partial charge in [0, 0.05) is 10.2 Å². The van der Waals surface area contributed by atoms with E-state index in [4.69, 9.17) is 0 Å². The van der Waals surface area contributed by atoms with Gasteiger partial charge >= 0.3 is 0 Å². The molecule has 0 unspecified atom stereocenters. The molecule has 0 fully saturated rings. The number of rotatable bonds is 6. The highest BCUT2D eigenvalue weighted by Gasteiger charge is 2.28. The van der Waals surface area contributed by atoms with Crippen molar-refractivity contribution in [3.8, 4) is 0 Å². The number of carbonyl (C=O) groups is 1. The molecule has 3 aromatic carbocycles. The summed E-state index contributed by atoms with van der Waals surface area (Å²) in [6.07, 6.45) is 0. The Labute approximate surface area is 185 Å². The van der Waals surface area contributed by atoms with Crippen LogP contribution in [-0.2, 0) is 14.8 Å². The van der Waals surface area contributed by atoms with Crippen LogP contribution in [0, 0.1) is 20.8 Å². The van der Waals surface area contributed by atoms with Crippen LogP contribution in [0.1, 0.15) is 16.7 Å². The van der Waals surface area contributed by atoms with Crippen molar-refractivity contribution in [1.29, 1.82) is 0 Å². The average Bonchev–Trinajstić information content (AvgIpc) is 2.69. The third-order valence-corrected chi connectivity index (χ3v) is 6.95. The van der Waals surface area contributed by atoms with Gasteiger partial charge in [0.15, 0.2) is 0 Å².